The van der Waals surface area contributed by atoms with Gasteiger partial charge in [-0.25, -0.2) is 0 Å². The number of hydrogen-bond acceptors (Lipinski definition) is 4. The van der Waals surface area contributed by atoms with E-state index in [0.717, 1.165) is 37.7 Å². The van der Waals surface area contributed by atoms with Crippen LogP contribution in [0.1, 0.15) is 92.4 Å². The van der Waals surface area contributed by atoms with Crippen LogP contribution in [0.5, 0.6) is 0 Å². The van der Waals surface area contributed by atoms with E-state index in [1.54, 1.807) is 0 Å². The molecule has 1 N–H and O–H groups in total. The zero-order chi connectivity index (χ0) is 24.1. The molecule has 0 saturated heterocycles. The molecule has 0 unspecified atom stereocenters. The van der Waals surface area contributed by atoms with Gasteiger partial charge in [-0.15, -0.1) is 0 Å². The van der Waals surface area contributed by atoms with Crippen LogP contribution in [0.15, 0.2) is 23.8 Å². The lowest BCUT2D eigenvalue weighted by Gasteiger charge is -2.58. The molecule has 0 aliphatic heterocycles. The van der Waals surface area contributed by atoms with Crippen LogP contribution in [0.25, 0.3) is 0 Å². The van der Waals surface area contributed by atoms with Gasteiger partial charge in [0.2, 0.25) is 0 Å². The molecular weight excluding hydrogens is 412 g/mol. The summed E-state index contributed by atoms with van der Waals surface area (Å²) in [5.41, 5.74) is 2.80. The van der Waals surface area contributed by atoms with Crippen molar-refractivity contribution in [3.8, 4) is 0 Å². The van der Waals surface area contributed by atoms with Crippen LogP contribution in [0.4, 0.5) is 0 Å². The van der Waals surface area contributed by atoms with E-state index in [9.17, 15) is 14.7 Å². The second-order valence-corrected chi connectivity index (χ2v) is 12.3. The Hall–Kier alpha value is -1.42. The summed E-state index contributed by atoms with van der Waals surface area (Å²) < 4.78 is 5.57. The van der Waals surface area contributed by atoms with Crippen molar-refractivity contribution in [1.29, 1.82) is 0 Å². The SMILES string of the molecule is C=C([C@H](O)CC(=O)C(C)C)[C@H]1CC[C@H]2[C@@H]3CC=C4C[C@@H](OC(C)=O)CC[C@]4(C)[C@H]3CC[C@]12C. The van der Waals surface area contributed by atoms with Gasteiger partial charge in [-0.1, -0.05) is 45.9 Å². The second-order valence-electron chi connectivity index (χ2n) is 12.3. The molecule has 4 aliphatic rings. The van der Waals surface area contributed by atoms with Crippen LogP contribution < -0.4 is 0 Å². The van der Waals surface area contributed by atoms with Gasteiger partial charge >= 0.3 is 5.97 Å². The summed E-state index contributed by atoms with van der Waals surface area (Å²) in [5, 5.41) is 10.9. The summed E-state index contributed by atoms with van der Waals surface area (Å²) in [5.74, 6) is 2.22. The third-order valence-corrected chi connectivity index (χ3v) is 10.3. The van der Waals surface area contributed by atoms with Crippen LogP contribution in [0.2, 0.25) is 0 Å². The molecule has 4 rings (SSSR count). The van der Waals surface area contributed by atoms with E-state index in [1.165, 1.54) is 31.8 Å². The molecule has 33 heavy (non-hydrogen) atoms. The highest BCUT2D eigenvalue weighted by molar-refractivity contribution is 5.81. The molecular formula is C29H44O4. The molecule has 4 nitrogen and oxygen atoms in total. The summed E-state index contributed by atoms with van der Waals surface area (Å²) in [6, 6.07) is 0. The Kier molecular flexibility index (Phi) is 6.72. The number of ketones is 1. The number of allylic oxidation sites excluding steroid dienone is 1. The molecule has 3 fully saturated rings. The Bertz CT molecular complexity index is 841. The minimum atomic E-state index is -0.717. The fourth-order valence-electron chi connectivity index (χ4n) is 8.36. The van der Waals surface area contributed by atoms with Crippen LogP contribution >= 0.6 is 0 Å². The lowest BCUT2D eigenvalue weighted by atomic mass is 9.47. The number of rotatable bonds is 6. The molecule has 0 spiro atoms. The van der Waals surface area contributed by atoms with E-state index in [0.29, 0.717) is 23.7 Å². The molecule has 0 bridgehead atoms. The summed E-state index contributed by atoms with van der Waals surface area (Å²) in [6.45, 7) is 14.6. The van der Waals surface area contributed by atoms with Gasteiger partial charge in [-0.2, -0.15) is 0 Å². The Morgan fingerprint density at radius 2 is 1.88 bits per heavy atom. The molecule has 0 amide bonds. The first-order chi connectivity index (χ1) is 15.5. The first kappa shape index (κ1) is 24.7. The minimum Gasteiger partial charge on any atom is -0.462 e. The fraction of sp³-hybridized carbons (Fsp3) is 0.793. The van der Waals surface area contributed by atoms with Crippen LogP contribution in [-0.4, -0.2) is 29.1 Å². The molecule has 0 aromatic carbocycles. The van der Waals surface area contributed by atoms with E-state index in [-0.39, 0.29) is 41.0 Å². The number of carbonyl (C=O) groups is 2. The van der Waals surface area contributed by atoms with E-state index >= 15 is 0 Å². The van der Waals surface area contributed by atoms with Crippen LogP contribution in [0.3, 0.4) is 0 Å². The number of Topliss-reactive ketones (excluding diaryl/α,β-unsaturated/α-hetero) is 1. The van der Waals surface area contributed by atoms with Crippen molar-refractivity contribution in [2.45, 2.75) is 105 Å². The summed E-state index contributed by atoms with van der Waals surface area (Å²) in [4.78, 5) is 23.7. The van der Waals surface area contributed by atoms with Crippen LogP contribution in [-0.2, 0) is 14.3 Å². The van der Waals surface area contributed by atoms with Gasteiger partial charge in [0.15, 0.2) is 0 Å². The standard InChI is InChI=1S/C29H44O4/c1-17(2)26(31)16-27(32)18(3)23-9-10-24-22-8-7-20-15-21(33-19(4)30)11-13-28(20,5)25(22)12-14-29(23,24)6/h7,17,21-25,27,32H,3,8-16H2,1-2,4-6H3/t21-,22-,23+,24-,25-,27+,28-,29+/m0/s1. The van der Waals surface area contributed by atoms with Crippen molar-refractivity contribution in [1.82, 2.24) is 0 Å². The first-order valence-electron chi connectivity index (χ1n) is 13.2. The fourth-order valence-corrected chi connectivity index (χ4v) is 8.36. The molecule has 4 heteroatoms. The predicted octanol–water partition coefficient (Wildman–Crippen LogP) is 6.03. The Labute approximate surface area is 200 Å². The van der Waals surface area contributed by atoms with Crippen molar-refractivity contribution in [2.75, 3.05) is 0 Å². The highest BCUT2D eigenvalue weighted by Gasteiger charge is 2.59. The number of fused-ring (bicyclic) bond motifs is 5. The molecule has 0 aromatic rings. The Morgan fingerprint density at radius 3 is 2.55 bits per heavy atom. The quantitative estimate of drug-likeness (QED) is 0.391. The summed E-state index contributed by atoms with van der Waals surface area (Å²) in [6.07, 6.45) is 10.8. The molecule has 184 valence electrons. The molecule has 3 saturated carbocycles. The average Bonchev–Trinajstić information content (AvgIpc) is 3.10. The normalized spacial score (nSPS) is 40.8. The third-order valence-electron chi connectivity index (χ3n) is 10.3. The van der Waals surface area contributed by atoms with Crippen molar-refractivity contribution in [3.05, 3.63) is 23.8 Å². The molecule has 0 heterocycles. The highest BCUT2D eigenvalue weighted by Crippen LogP contribution is 2.67. The highest BCUT2D eigenvalue weighted by atomic mass is 16.5. The average molecular weight is 457 g/mol. The number of ether oxygens (including phenoxy) is 1. The second kappa shape index (κ2) is 8.98. The number of aliphatic hydroxyl groups excluding tert-OH is 1. The first-order valence-corrected chi connectivity index (χ1v) is 13.2. The monoisotopic (exact) mass is 456 g/mol. The maximum absolute atomic E-state index is 12.2. The molecule has 0 radical (unpaired) electrons. The van der Waals surface area contributed by atoms with Crippen LogP contribution in [0, 0.1) is 40.4 Å². The topological polar surface area (TPSA) is 63.6 Å². The zero-order valence-electron chi connectivity index (χ0n) is 21.4. The van der Waals surface area contributed by atoms with E-state index in [2.05, 4.69) is 26.5 Å². The van der Waals surface area contributed by atoms with Crippen molar-refractivity contribution in [3.63, 3.8) is 0 Å². The van der Waals surface area contributed by atoms with Gasteiger partial charge < -0.3 is 9.84 Å². The molecule has 8 atom stereocenters. The lowest BCUT2D eigenvalue weighted by Crippen LogP contribution is -2.51. The number of aliphatic hydroxyl groups is 1. The van der Waals surface area contributed by atoms with Crippen molar-refractivity contribution in [2.24, 2.45) is 40.4 Å². The van der Waals surface area contributed by atoms with Gasteiger partial charge in [-0.05, 0) is 85.0 Å². The Balaban J connectivity index is 1.50. The third kappa shape index (κ3) is 4.26. The smallest absolute Gasteiger partial charge is 0.302 e. The maximum Gasteiger partial charge on any atom is 0.302 e. The van der Waals surface area contributed by atoms with E-state index in [4.69, 9.17) is 4.74 Å². The Morgan fingerprint density at radius 1 is 1.15 bits per heavy atom. The van der Waals surface area contributed by atoms with Gasteiger partial charge in [0.1, 0.15) is 11.9 Å². The summed E-state index contributed by atoms with van der Waals surface area (Å²) >= 11 is 0. The minimum absolute atomic E-state index is 0.0430. The van der Waals surface area contributed by atoms with E-state index < -0.39 is 6.10 Å². The van der Waals surface area contributed by atoms with Gasteiger partial charge in [0.05, 0.1) is 6.10 Å². The summed E-state index contributed by atoms with van der Waals surface area (Å²) in [7, 11) is 0. The van der Waals surface area contributed by atoms with Gasteiger partial charge in [-0.3, -0.25) is 9.59 Å². The number of carbonyl (C=O) groups excluding carboxylic acids is 2. The largest absolute Gasteiger partial charge is 0.462 e. The maximum atomic E-state index is 12.2. The van der Waals surface area contributed by atoms with Crippen molar-refractivity contribution >= 4 is 11.8 Å². The lowest BCUT2D eigenvalue weighted by molar-refractivity contribution is -0.148. The predicted molar refractivity (Wildman–Crippen MR) is 130 cm³/mol. The van der Waals surface area contributed by atoms with E-state index in [1.807, 2.05) is 13.8 Å². The number of esters is 1. The van der Waals surface area contributed by atoms with Gasteiger partial charge in [0, 0.05) is 25.7 Å². The zero-order valence-corrected chi connectivity index (χ0v) is 21.4. The number of hydrogen-bond donors (Lipinski definition) is 1. The molecule has 4 aliphatic carbocycles. The molecule has 0 aromatic heterocycles. The van der Waals surface area contributed by atoms with Gasteiger partial charge in [0.25, 0.3) is 0 Å². The van der Waals surface area contributed by atoms with Crippen molar-refractivity contribution < 1.29 is 19.4 Å².